The molecular weight excluding hydrogens is 222 g/mol. The number of aromatic nitrogens is 3. The van der Waals surface area contributed by atoms with Gasteiger partial charge in [-0.2, -0.15) is 0 Å². The van der Waals surface area contributed by atoms with E-state index in [1.54, 1.807) is 0 Å². The molecule has 2 aromatic heterocycles. The molecule has 0 radical (unpaired) electrons. The van der Waals surface area contributed by atoms with E-state index >= 15 is 0 Å². The number of benzene rings is 1. The van der Waals surface area contributed by atoms with Crippen molar-refractivity contribution < 1.29 is 0 Å². The van der Waals surface area contributed by atoms with Crippen molar-refractivity contribution in [1.29, 1.82) is 0 Å². The van der Waals surface area contributed by atoms with Gasteiger partial charge in [-0.25, -0.2) is 4.98 Å². The van der Waals surface area contributed by atoms with Crippen molar-refractivity contribution in [2.45, 2.75) is 19.3 Å². The summed E-state index contributed by atoms with van der Waals surface area (Å²) in [5.41, 5.74) is 5.01. The van der Waals surface area contributed by atoms with Crippen molar-refractivity contribution in [3.8, 4) is 5.69 Å². The Morgan fingerprint density at radius 3 is 2.94 bits per heavy atom. The number of para-hydroxylation sites is 1. The molecule has 0 N–H and O–H groups in total. The maximum absolute atomic E-state index is 4.79. The molecule has 0 aliphatic heterocycles. The van der Waals surface area contributed by atoms with Gasteiger partial charge >= 0.3 is 0 Å². The number of aryl methyl sites for hydroxylation is 1. The van der Waals surface area contributed by atoms with Gasteiger partial charge in [-0.3, -0.25) is 4.98 Å². The topological polar surface area (TPSA) is 30.7 Å². The van der Waals surface area contributed by atoms with E-state index in [2.05, 4.69) is 27.8 Å². The van der Waals surface area contributed by atoms with Gasteiger partial charge in [0.25, 0.3) is 0 Å². The minimum absolute atomic E-state index is 1.09. The SMILES string of the molecule is c1ccc2c(-n3ccnc3)c3c(nc2c1)CCC3. The zero-order chi connectivity index (χ0) is 11.9. The monoisotopic (exact) mass is 235 g/mol. The smallest absolute Gasteiger partial charge is 0.0992 e. The lowest BCUT2D eigenvalue weighted by Crippen LogP contribution is -2.01. The molecule has 1 aromatic carbocycles. The van der Waals surface area contributed by atoms with E-state index < -0.39 is 0 Å². The molecule has 3 nitrogen and oxygen atoms in total. The second-order valence-electron chi connectivity index (χ2n) is 4.73. The Kier molecular flexibility index (Phi) is 2.00. The van der Waals surface area contributed by atoms with Gasteiger partial charge < -0.3 is 4.57 Å². The van der Waals surface area contributed by atoms with Gasteiger partial charge in [0, 0.05) is 23.5 Å². The summed E-state index contributed by atoms with van der Waals surface area (Å²) in [6.45, 7) is 0. The molecule has 0 amide bonds. The Balaban J connectivity index is 2.15. The van der Waals surface area contributed by atoms with Crippen molar-refractivity contribution in [2.75, 3.05) is 0 Å². The average Bonchev–Trinajstić information content (AvgIpc) is 3.06. The second-order valence-corrected chi connectivity index (χ2v) is 4.73. The van der Waals surface area contributed by atoms with Gasteiger partial charge in [-0.15, -0.1) is 0 Å². The maximum Gasteiger partial charge on any atom is 0.0992 e. The first-order valence-corrected chi connectivity index (χ1v) is 6.32. The van der Waals surface area contributed by atoms with Crippen LogP contribution in [0.2, 0.25) is 0 Å². The third-order valence-corrected chi connectivity index (χ3v) is 3.65. The number of pyridine rings is 1. The van der Waals surface area contributed by atoms with Gasteiger partial charge in [0.1, 0.15) is 0 Å². The summed E-state index contributed by atoms with van der Waals surface area (Å²) in [6, 6.07) is 8.37. The molecule has 3 aromatic rings. The van der Waals surface area contributed by atoms with Gasteiger partial charge in [0.15, 0.2) is 0 Å². The average molecular weight is 235 g/mol. The van der Waals surface area contributed by atoms with E-state index in [0.29, 0.717) is 0 Å². The molecule has 0 atom stereocenters. The Morgan fingerprint density at radius 2 is 2.06 bits per heavy atom. The van der Waals surface area contributed by atoms with Crippen molar-refractivity contribution in [1.82, 2.24) is 14.5 Å². The lowest BCUT2D eigenvalue weighted by Gasteiger charge is -2.12. The molecule has 1 aliphatic rings. The van der Waals surface area contributed by atoms with E-state index in [-0.39, 0.29) is 0 Å². The largest absolute Gasteiger partial charge is 0.305 e. The molecule has 4 rings (SSSR count). The van der Waals surface area contributed by atoms with Crippen LogP contribution >= 0.6 is 0 Å². The Morgan fingerprint density at radius 1 is 1.11 bits per heavy atom. The number of hydrogen-bond acceptors (Lipinski definition) is 2. The minimum Gasteiger partial charge on any atom is -0.305 e. The molecule has 18 heavy (non-hydrogen) atoms. The first-order valence-electron chi connectivity index (χ1n) is 6.32. The highest BCUT2D eigenvalue weighted by molar-refractivity contribution is 5.89. The van der Waals surface area contributed by atoms with Gasteiger partial charge in [0.05, 0.1) is 17.5 Å². The van der Waals surface area contributed by atoms with E-state index in [9.17, 15) is 0 Å². The lowest BCUT2D eigenvalue weighted by atomic mass is 10.1. The van der Waals surface area contributed by atoms with Crippen LogP contribution in [0.3, 0.4) is 0 Å². The van der Waals surface area contributed by atoms with Crippen molar-refractivity contribution in [3.63, 3.8) is 0 Å². The predicted molar refractivity (Wildman–Crippen MR) is 70.9 cm³/mol. The van der Waals surface area contributed by atoms with Gasteiger partial charge in [-0.1, -0.05) is 18.2 Å². The van der Waals surface area contributed by atoms with Crippen LogP contribution < -0.4 is 0 Å². The molecule has 0 saturated heterocycles. The first-order chi connectivity index (χ1) is 8.93. The normalized spacial score (nSPS) is 14.0. The summed E-state index contributed by atoms with van der Waals surface area (Å²) in [6.07, 6.45) is 9.15. The summed E-state index contributed by atoms with van der Waals surface area (Å²) < 4.78 is 2.12. The Hall–Kier alpha value is -2.16. The highest BCUT2D eigenvalue weighted by Crippen LogP contribution is 2.32. The highest BCUT2D eigenvalue weighted by Gasteiger charge is 2.20. The van der Waals surface area contributed by atoms with Gasteiger partial charge in [-0.05, 0) is 30.9 Å². The third kappa shape index (κ3) is 1.30. The summed E-state index contributed by atoms with van der Waals surface area (Å²) in [4.78, 5) is 8.97. The quantitative estimate of drug-likeness (QED) is 0.649. The number of fused-ring (bicyclic) bond motifs is 2. The van der Waals surface area contributed by atoms with Crippen LogP contribution in [0.25, 0.3) is 16.6 Å². The number of hydrogen-bond donors (Lipinski definition) is 0. The van der Waals surface area contributed by atoms with Crippen LogP contribution in [0.15, 0.2) is 43.0 Å². The van der Waals surface area contributed by atoms with E-state index in [4.69, 9.17) is 4.98 Å². The molecule has 3 heteroatoms. The fraction of sp³-hybridized carbons (Fsp3) is 0.200. The van der Waals surface area contributed by atoms with Crippen LogP contribution in [0.1, 0.15) is 17.7 Å². The number of imidazole rings is 1. The molecule has 0 unspecified atom stereocenters. The molecular formula is C15H13N3. The lowest BCUT2D eigenvalue weighted by molar-refractivity contribution is 0.897. The molecule has 0 bridgehead atoms. The van der Waals surface area contributed by atoms with E-state index in [1.165, 1.54) is 28.8 Å². The van der Waals surface area contributed by atoms with Crippen LogP contribution in [0.5, 0.6) is 0 Å². The van der Waals surface area contributed by atoms with Crippen LogP contribution in [0.4, 0.5) is 0 Å². The molecule has 88 valence electrons. The predicted octanol–water partition coefficient (Wildman–Crippen LogP) is 2.91. The Bertz CT molecular complexity index is 714. The first kappa shape index (κ1) is 9.83. The minimum atomic E-state index is 1.09. The van der Waals surface area contributed by atoms with Gasteiger partial charge in [0.2, 0.25) is 0 Å². The molecule has 1 aliphatic carbocycles. The van der Waals surface area contributed by atoms with Crippen molar-refractivity contribution in [2.24, 2.45) is 0 Å². The number of nitrogens with zero attached hydrogens (tertiary/aromatic N) is 3. The molecule has 0 fully saturated rings. The van der Waals surface area contributed by atoms with E-state index in [1.807, 2.05) is 24.8 Å². The van der Waals surface area contributed by atoms with Crippen LogP contribution in [-0.2, 0) is 12.8 Å². The fourth-order valence-electron chi connectivity index (χ4n) is 2.87. The maximum atomic E-state index is 4.79. The summed E-state index contributed by atoms with van der Waals surface area (Å²) in [5, 5.41) is 1.22. The molecule has 0 spiro atoms. The van der Waals surface area contributed by atoms with Crippen molar-refractivity contribution >= 4 is 10.9 Å². The zero-order valence-electron chi connectivity index (χ0n) is 10.0. The van der Waals surface area contributed by atoms with E-state index in [0.717, 1.165) is 18.4 Å². The molecule has 0 saturated carbocycles. The third-order valence-electron chi connectivity index (χ3n) is 3.65. The summed E-state index contributed by atoms with van der Waals surface area (Å²) >= 11 is 0. The Labute approximate surface area is 105 Å². The second kappa shape index (κ2) is 3.67. The molecule has 2 heterocycles. The zero-order valence-corrected chi connectivity index (χ0v) is 10.0. The summed E-state index contributed by atoms with van der Waals surface area (Å²) in [7, 11) is 0. The fourth-order valence-corrected chi connectivity index (χ4v) is 2.87. The van der Waals surface area contributed by atoms with Crippen molar-refractivity contribution in [3.05, 3.63) is 54.2 Å². The van der Waals surface area contributed by atoms with Crippen LogP contribution in [-0.4, -0.2) is 14.5 Å². The standard InChI is InChI=1S/C15H13N3/c1-2-6-13-11(4-1)15(18-9-8-16-10-18)12-5-3-7-14(12)17-13/h1-2,4,6,8-10H,3,5,7H2. The van der Waals surface area contributed by atoms with Crippen LogP contribution in [0, 0.1) is 0 Å². The highest BCUT2D eigenvalue weighted by atomic mass is 15.0. The number of rotatable bonds is 1. The summed E-state index contributed by atoms with van der Waals surface area (Å²) in [5.74, 6) is 0.